The Labute approximate surface area is 188 Å². The summed E-state index contributed by atoms with van der Waals surface area (Å²) in [5.41, 5.74) is 5.24. The Hall–Kier alpha value is -3.60. The van der Waals surface area contributed by atoms with Gasteiger partial charge in [0.25, 0.3) is 0 Å². The summed E-state index contributed by atoms with van der Waals surface area (Å²) in [6.07, 6.45) is 2.22. The highest BCUT2D eigenvalue weighted by Gasteiger charge is 2.41. The number of fused-ring (bicyclic) bond motifs is 3. The summed E-state index contributed by atoms with van der Waals surface area (Å²) in [4.78, 5) is 12.3. The largest absolute Gasteiger partial charge is 0.384 e. The molecule has 2 aliphatic heterocycles. The van der Waals surface area contributed by atoms with E-state index in [2.05, 4.69) is 76.2 Å². The molecule has 0 aliphatic carbocycles. The number of rotatable bonds is 4. The van der Waals surface area contributed by atoms with Crippen molar-refractivity contribution < 1.29 is 0 Å². The Bertz CT molecular complexity index is 1250. The quantitative estimate of drug-likeness (QED) is 0.474. The molecule has 4 aromatic rings. The van der Waals surface area contributed by atoms with Crippen molar-refractivity contribution in [1.82, 2.24) is 9.97 Å². The lowest BCUT2D eigenvalue weighted by atomic mass is 9.74. The zero-order chi connectivity index (χ0) is 21.4. The van der Waals surface area contributed by atoms with Crippen molar-refractivity contribution in [3.63, 3.8) is 0 Å². The molecule has 1 aromatic heterocycles. The Morgan fingerprint density at radius 2 is 1.59 bits per heavy atom. The number of aromatic nitrogens is 2. The number of anilines is 3. The molecule has 3 aromatic carbocycles. The second-order valence-corrected chi connectivity index (χ2v) is 8.90. The zero-order valence-corrected chi connectivity index (χ0v) is 18.1. The van der Waals surface area contributed by atoms with Gasteiger partial charge in [0.15, 0.2) is 0 Å². The maximum atomic E-state index is 4.99. The molecule has 1 fully saturated rings. The van der Waals surface area contributed by atoms with E-state index in [1.54, 1.807) is 0 Å². The van der Waals surface area contributed by atoms with Gasteiger partial charge in [0, 0.05) is 42.7 Å². The minimum atomic E-state index is 0.234. The number of hydrogen-bond donors (Lipinski definition) is 2. The van der Waals surface area contributed by atoms with Gasteiger partial charge in [0.1, 0.15) is 5.82 Å². The van der Waals surface area contributed by atoms with E-state index in [9.17, 15) is 0 Å². The van der Waals surface area contributed by atoms with Crippen LogP contribution < -0.4 is 15.5 Å². The molecule has 1 spiro atoms. The predicted octanol–water partition coefficient (Wildman–Crippen LogP) is 5.21. The molecular weight excluding hydrogens is 394 g/mol. The molecule has 5 heteroatoms. The molecule has 0 bridgehead atoms. The van der Waals surface area contributed by atoms with E-state index in [1.165, 1.54) is 16.8 Å². The van der Waals surface area contributed by atoms with Crippen LogP contribution in [0.3, 0.4) is 0 Å². The molecule has 0 atom stereocenters. The highest BCUT2D eigenvalue weighted by atomic mass is 15.3. The van der Waals surface area contributed by atoms with Crippen molar-refractivity contribution in [3.8, 4) is 0 Å². The van der Waals surface area contributed by atoms with E-state index in [1.807, 2.05) is 18.2 Å². The number of nitrogens with one attached hydrogen (secondary N) is 2. The third-order valence-corrected chi connectivity index (χ3v) is 7.01. The van der Waals surface area contributed by atoms with E-state index in [-0.39, 0.29) is 5.41 Å². The lowest BCUT2D eigenvalue weighted by Crippen LogP contribution is -2.44. The van der Waals surface area contributed by atoms with Crippen LogP contribution in [-0.2, 0) is 12.0 Å². The number of nitrogens with zero attached hydrogens (tertiary/aromatic N) is 3. The Kier molecular flexibility index (Phi) is 4.67. The fourth-order valence-corrected chi connectivity index (χ4v) is 5.16. The molecule has 2 N–H and O–H groups in total. The van der Waals surface area contributed by atoms with Crippen LogP contribution in [0.25, 0.3) is 10.9 Å². The van der Waals surface area contributed by atoms with Crippen LogP contribution in [0.4, 0.5) is 17.5 Å². The summed E-state index contributed by atoms with van der Waals surface area (Å²) in [5, 5.41) is 8.24. The highest BCUT2D eigenvalue weighted by Crippen LogP contribution is 2.44. The molecule has 0 amide bonds. The van der Waals surface area contributed by atoms with Gasteiger partial charge in [0.05, 0.1) is 5.52 Å². The molecule has 5 nitrogen and oxygen atoms in total. The van der Waals surface area contributed by atoms with Gasteiger partial charge in [-0.1, -0.05) is 60.7 Å². The second kappa shape index (κ2) is 7.83. The minimum Gasteiger partial charge on any atom is -0.384 e. The normalized spacial score (nSPS) is 16.7. The van der Waals surface area contributed by atoms with E-state index < -0.39 is 0 Å². The van der Waals surface area contributed by atoms with E-state index >= 15 is 0 Å². The first-order valence-corrected chi connectivity index (χ1v) is 11.4. The summed E-state index contributed by atoms with van der Waals surface area (Å²) in [6, 6.07) is 27.5. The summed E-state index contributed by atoms with van der Waals surface area (Å²) < 4.78 is 0. The minimum absolute atomic E-state index is 0.234. The van der Waals surface area contributed by atoms with Crippen molar-refractivity contribution in [2.45, 2.75) is 24.8 Å². The highest BCUT2D eigenvalue weighted by molar-refractivity contribution is 5.90. The van der Waals surface area contributed by atoms with Crippen molar-refractivity contribution in [1.29, 1.82) is 0 Å². The number of hydrogen-bond acceptors (Lipinski definition) is 5. The summed E-state index contributed by atoms with van der Waals surface area (Å²) >= 11 is 0. The summed E-state index contributed by atoms with van der Waals surface area (Å²) in [5.74, 6) is 1.73. The van der Waals surface area contributed by atoms with Gasteiger partial charge in [-0.3, -0.25) is 0 Å². The Morgan fingerprint density at radius 1 is 0.844 bits per heavy atom. The van der Waals surface area contributed by atoms with Crippen LogP contribution in [0.1, 0.15) is 24.0 Å². The third kappa shape index (κ3) is 3.34. The topological polar surface area (TPSA) is 53.1 Å². The van der Waals surface area contributed by atoms with Crippen LogP contribution in [0.2, 0.25) is 0 Å². The first kappa shape index (κ1) is 19.1. The van der Waals surface area contributed by atoms with Gasteiger partial charge >= 0.3 is 0 Å². The van der Waals surface area contributed by atoms with Gasteiger partial charge in [0.2, 0.25) is 5.95 Å². The molecule has 2 aliphatic rings. The molecule has 160 valence electrons. The molecule has 0 unspecified atom stereocenters. The van der Waals surface area contributed by atoms with E-state index in [0.29, 0.717) is 0 Å². The van der Waals surface area contributed by atoms with Gasteiger partial charge in [-0.2, -0.15) is 4.98 Å². The van der Waals surface area contributed by atoms with Crippen molar-refractivity contribution >= 4 is 28.4 Å². The first-order chi connectivity index (χ1) is 15.8. The number of benzene rings is 3. The predicted molar refractivity (Wildman–Crippen MR) is 131 cm³/mol. The molecule has 1 saturated heterocycles. The van der Waals surface area contributed by atoms with E-state index in [0.717, 1.165) is 61.7 Å². The monoisotopic (exact) mass is 421 g/mol. The van der Waals surface area contributed by atoms with Crippen LogP contribution in [0.5, 0.6) is 0 Å². The van der Waals surface area contributed by atoms with Gasteiger partial charge in [-0.25, -0.2) is 4.98 Å². The second-order valence-electron chi connectivity index (χ2n) is 8.90. The van der Waals surface area contributed by atoms with Crippen molar-refractivity contribution in [2.24, 2.45) is 0 Å². The van der Waals surface area contributed by atoms with Crippen molar-refractivity contribution in [2.75, 3.05) is 35.2 Å². The maximum Gasteiger partial charge on any atom is 0.227 e. The zero-order valence-electron chi connectivity index (χ0n) is 18.1. The molecule has 0 radical (unpaired) electrons. The van der Waals surface area contributed by atoms with Gasteiger partial charge in [-0.05, 0) is 42.2 Å². The molecule has 3 heterocycles. The molecule has 6 rings (SSSR count). The average molecular weight is 422 g/mol. The van der Waals surface area contributed by atoms with Crippen molar-refractivity contribution in [3.05, 3.63) is 90.0 Å². The smallest absolute Gasteiger partial charge is 0.227 e. The lowest BCUT2D eigenvalue weighted by Gasteiger charge is -2.39. The maximum absolute atomic E-state index is 4.99. The Morgan fingerprint density at radius 3 is 2.47 bits per heavy atom. The fraction of sp³-hybridized carbons (Fsp3) is 0.259. The number of para-hydroxylation sites is 2. The Balaban J connectivity index is 1.26. The average Bonchev–Trinajstić information content (AvgIpc) is 3.21. The first-order valence-electron chi connectivity index (χ1n) is 11.4. The standard InChI is InChI=1S/C27H27N5/c1-2-8-20(9-3-1)18-28-25-21-10-4-6-12-23(21)30-26(31-25)32-16-14-27(15-17-32)19-29-24-13-7-5-11-22(24)27/h1-13,29H,14-19H2,(H,28,30,31). The summed E-state index contributed by atoms with van der Waals surface area (Å²) in [7, 11) is 0. The van der Waals surface area contributed by atoms with Crippen LogP contribution in [0, 0.1) is 0 Å². The van der Waals surface area contributed by atoms with Crippen LogP contribution in [-0.4, -0.2) is 29.6 Å². The molecule has 0 saturated carbocycles. The molecule has 32 heavy (non-hydrogen) atoms. The van der Waals surface area contributed by atoms with E-state index in [4.69, 9.17) is 9.97 Å². The van der Waals surface area contributed by atoms with Gasteiger partial charge < -0.3 is 15.5 Å². The fourth-order valence-electron chi connectivity index (χ4n) is 5.16. The lowest BCUT2D eigenvalue weighted by molar-refractivity contribution is 0.360. The summed E-state index contributed by atoms with van der Waals surface area (Å²) in [6.45, 7) is 3.70. The number of piperidine rings is 1. The van der Waals surface area contributed by atoms with Crippen LogP contribution in [0.15, 0.2) is 78.9 Å². The van der Waals surface area contributed by atoms with Gasteiger partial charge in [-0.15, -0.1) is 0 Å². The van der Waals surface area contributed by atoms with Crippen LogP contribution >= 0.6 is 0 Å². The SMILES string of the molecule is c1ccc(CNc2nc(N3CCC4(CC3)CNc3ccccc34)nc3ccccc23)cc1. The third-order valence-electron chi connectivity index (χ3n) is 7.01. The molecular formula is C27H27N5.